The third-order valence-corrected chi connectivity index (χ3v) is 5.54. The third-order valence-electron chi connectivity index (χ3n) is 4.17. The van der Waals surface area contributed by atoms with Gasteiger partial charge in [0.15, 0.2) is 9.99 Å². The minimum Gasteiger partial charge on any atom is -0.353 e. The number of amides is 1. The molecule has 0 saturated carbocycles. The van der Waals surface area contributed by atoms with Crippen molar-refractivity contribution in [2.45, 2.75) is 16.5 Å². The fourth-order valence-electron chi connectivity index (χ4n) is 2.92. The Morgan fingerprint density at radius 1 is 1.10 bits per heavy atom. The summed E-state index contributed by atoms with van der Waals surface area (Å²) in [6.07, 6.45) is 1.86. The van der Waals surface area contributed by atoms with Crippen molar-refractivity contribution in [3.63, 3.8) is 0 Å². The van der Waals surface area contributed by atoms with Crippen LogP contribution in [-0.4, -0.2) is 32.6 Å². The number of nitrogens with zero attached hydrogens (tertiary/aromatic N) is 2. The number of alkyl halides is 2. The van der Waals surface area contributed by atoms with Gasteiger partial charge < -0.3 is 9.88 Å². The number of carbonyl (C=O) groups excluding carboxylic acids is 1. The molecule has 0 fully saturated rings. The van der Waals surface area contributed by atoms with Crippen molar-refractivity contribution in [3.8, 4) is 22.5 Å². The van der Waals surface area contributed by atoms with E-state index in [0.717, 1.165) is 27.7 Å². The highest BCUT2D eigenvalue weighted by Gasteiger charge is 2.19. The zero-order valence-electron chi connectivity index (χ0n) is 15.7. The topological polar surface area (TPSA) is 46.9 Å². The fraction of sp³-hybridized carbons (Fsp3) is 0.182. The summed E-state index contributed by atoms with van der Waals surface area (Å²) in [6, 6.07) is 20.3. The molecule has 3 rings (SSSR count). The van der Waals surface area contributed by atoms with Crippen LogP contribution in [0.5, 0.6) is 0 Å². The monoisotopic (exact) mass is 445 g/mol. The van der Waals surface area contributed by atoms with Gasteiger partial charge in [0.2, 0.25) is 0 Å². The van der Waals surface area contributed by atoms with Crippen molar-refractivity contribution in [2.75, 3.05) is 12.3 Å². The summed E-state index contributed by atoms with van der Waals surface area (Å²) < 4.78 is 2.16. The van der Waals surface area contributed by atoms with Gasteiger partial charge in [0.1, 0.15) is 0 Å². The molecule has 0 aliphatic heterocycles. The molecule has 0 saturated heterocycles. The summed E-state index contributed by atoms with van der Waals surface area (Å²) in [7, 11) is 0. The maximum Gasteiger partial charge on any atom is 0.253 e. The average Bonchev–Trinajstić information content (AvgIpc) is 3.10. The quantitative estimate of drug-likeness (QED) is 0.207. The van der Waals surface area contributed by atoms with E-state index in [1.54, 1.807) is 11.8 Å². The predicted octanol–water partition coefficient (Wildman–Crippen LogP) is 5.42. The number of allylic oxidation sites excluding steroid dienone is 1. The molecule has 0 aliphatic rings. The smallest absolute Gasteiger partial charge is 0.253 e. The van der Waals surface area contributed by atoms with E-state index in [-0.39, 0.29) is 0 Å². The van der Waals surface area contributed by atoms with Gasteiger partial charge in [-0.25, -0.2) is 4.98 Å². The zero-order valence-corrected chi connectivity index (χ0v) is 18.1. The van der Waals surface area contributed by atoms with Gasteiger partial charge in [-0.05, 0) is 0 Å². The molecule has 2 aromatic carbocycles. The molecular weight excluding hydrogens is 425 g/mol. The van der Waals surface area contributed by atoms with Crippen molar-refractivity contribution >= 4 is 40.9 Å². The predicted molar refractivity (Wildman–Crippen MR) is 123 cm³/mol. The first-order valence-electron chi connectivity index (χ1n) is 9.12. The van der Waals surface area contributed by atoms with Crippen LogP contribution < -0.4 is 5.32 Å². The van der Waals surface area contributed by atoms with Crippen LogP contribution in [-0.2, 0) is 11.3 Å². The van der Waals surface area contributed by atoms with Crippen LogP contribution in [0.25, 0.3) is 22.5 Å². The first kappa shape index (κ1) is 21.5. The molecule has 0 unspecified atom stereocenters. The number of thioether (sulfide) groups is 1. The molecule has 0 radical (unpaired) electrons. The van der Waals surface area contributed by atoms with E-state index in [2.05, 4.69) is 40.7 Å². The molecule has 150 valence electrons. The zero-order chi connectivity index (χ0) is 20.6. The molecule has 1 amide bonds. The molecular formula is C22H21Cl2N3OS. The highest BCUT2D eigenvalue weighted by atomic mass is 35.5. The Hall–Kier alpha value is -2.21. The second kappa shape index (κ2) is 10.5. The number of hydrogen-bond donors (Lipinski definition) is 1. The van der Waals surface area contributed by atoms with E-state index in [9.17, 15) is 4.79 Å². The minimum atomic E-state index is -1.06. The van der Waals surface area contributed by atoms with Crippen molar-refractivity contribution in [1.82, 2.24) is 14.9 Å². The Balaban J connectivity index is 1.95. The average molecular weight is 446 g/mol. The van der Waals surface area contributed by atoms with E-state index in [1.165, 1.54) is 0 Å². The molecule has 3 aromatic rings. The van der Waals surface area contributed by atoms with Gasteiger partial charge in [-0.3, -0.25) is 4.79 Å². The first-order valence-corrected chi connectivity index (χ1v) is 11.0. The molecule has 29 heavy (non-hydrogen) atoms. The molecule has 4 nitrogen and oxygen atoms in total. The SMILES string of the molecule is C=CCn1c(SCCNC(=O)C(Cl)Cl)nc(-c2ccccc2)c1-c1ccccc1. The second-order valence-electron chi connectivity index (χ2n) is 6.16. The van der Waals surface area contributed by atoms with Crippen LogP contribution in [0, 0.1) is 0 Å². The molecule has 0 atom stereocenters. The minimum absolute atomic E-state index is 0.390. The normalized spacial score (nSPS) is 10.9. The van der Waals surface area contributed by atoms with Gasteiger partial charge in [0, 0.05) is 30.0 Å². The summed E-state index contributed by atoms with van der Waals surface area (Å²) in [5, 5.41) is 3.57. The fourth-order valence-corrected chi connectivity index (χ4v) is 3.94. The van der Waals surface area contributed by atoms with E-state index < -0.39 is 10.7 Å². The van der Waals surface area contributed by atoms with E-state index in [1.807, 2.05) is 42.5 Å². The number of carbonyl (C=O) groups is 1. The number of nitrogens with one attached hydrogen (secondary N) is 1. The van der Waals surface area contributed by atoms with Crippen LogP contribution in [0.4, 0.5) is 0 Å². The number of halogens is 2. The van der Waals surface area contributed by atoms with Gasteiger partial charge >= 0.3 is 0 Å². The summed E-state index contributed by atoms with van der Waals surface area (Å²) in [5.41, 5.74) is 4.11. The third kappa shape index (κ3) is 5.44. The van der Waals surface area contributed by atoms with Crippen molar-refractivity contribution in [1.29, 1.82) is 0 Å². The van der Waals surface area contributed by atoms with Crippen LogP contribution in [0.3, 0.4) is 0 Å². The summed E-state index contributed by atoms with van der Waals surface area (Å²) in [5.74, 6) is 0.251. The van der Waals surface area contributed by atoms with Gasteiger partial charge in [0.05, 0.1) is 11.4 Å². The molecule has 1 aromatic heterocycles. The molecule has 0 aliphatic carbocycles. The number of rotatable bonds is 9. The maximum atomic E-state index is 11.5. The lowest BCUT2D eigenvalue weighted by Crippen LogP contribution is -2.30. The van der Waals surface area contributed by atoms with Gasteiger partial charge in [-0.15, -0.1) is 6.58 Å². The van der Waals surface area contributed by atoms with Crippen LogP contribution in [0.1, 0.15) is 0 Å². The van der Waals surface area contributed by atoms with Crippen LogP contribution >= 0.6 is 35.0 Å². The second-order valence-corrected chi connectivity index (χ2v) is 8.32. The Morgan fingerprint density at radius 2 is 1.72 bits per heavy atom. The summed E-state index contributed by atoms with van der Waals surface area (Å²) in [6.45, 7) is 4.98. The maximum absolute atomic E-state index is 11.5. The van der Waals surface area contributed by atoms with Crippen LogP contribution in [0.2, 0.25) is 0 Å². The molecule has 0 bridgehead atoms. The standard InChI is InChI=1S/C22H21Cl2N3OS/c1-2-14-27-19(17-11-7-4-8-12-17)18(16-9-5-3-6-10-16)26-22(27)29-15-13-25-21(28)20(23)24/h2-12,20H,1,13-15H2,(H,25,28). The summed E-state index contributed by atoms with van der Waals surface area (Å²) in [4.78, 5) is 15.4. The van der Waals surface area contributed by atoms with Crippen molar-refractivity contribution < 1.29 is 4.79 Å². The van der Waals surface area contributed by atoms with E-state index in [4.69, 9.17) is 28.2 Å². The molecule has 1 heterocycles. The van der Waals surface area contributed by atoms with Gasteiger partial charge in [0.25, 0.3) is 5.91 Å². The highest BCUT2D eigenvalue weighted by Crippen LogP contribution is 2.35. The molecule has 0 spiro atoms. The molecule has 7 heteroatoms. The van der Waals surface area contributed by atoms with Crippen LogP contribution in [0.15, 0.2) is 78.5 Å². The Kier molecular flexibility index (Phi) is 7.81. The Bertz CT molecular complexity index is 959. The summed E-state index contributed by atoms with van der Waals surface area (Å²) >= 11 is 12.7. The van der Waals surface area contributed by atoms with E-state index in [0.29, 0.717) is 18.8 Å². The Morgan fingerprint density at radius 3 is 2.31 bits per heavy atom. The van der Waals surface area contributed by atoms with Gasteiger partial charge in [-0.2, -0.15) is 0 Å². The number of benzene rings is 2. The van der Waals surface area contributed by atoms with Crippen molar-refractivity contribution in [3.05, 3.63) is 73.3 Å². The first-order chi connectivity index (χ1) is 14.1. The van der Waals surface area contributed by atoms with E-state index >= 15 is 0 Å². The largest absolute Gasteiger partial charge is 0.353 e. The number of aromatic nitrogens is 2. The van der Waals surface area contributed by atoms with Gasteiger partial charge in [-0.1, -0.05) is 102 Å². The number of imidazole rings is 1. The lowest BCUT2D eigenvalue weighted by Gasteiger charge is -2.11. The lowest BCUT2D eigenvalue weighted by atomic mass is 10.0. The van der Waals surface area contributed by atoms with Crippen molar-refractivity contribution in [2.24, 2.45) is 0 Å². The molecule has 1 N–H and O–H groups in total. The highest BCUT2D eigenvalue weighted by molar-refractivity contribution is 7.99. The number of hydrogen-bond acceptors (Lipinski definition) is 3. The lowest BCUT2D eigenvalue weighted by molar-refractivity contribution is -0.119. The Labute approximate surface area is 184 Å².